The quantitative estimate of drug-likeness (QED) is 0.863. The molecule has 0 unspecified atom stereocenters. The summed E-state index contributed by atoms with van der Waals surface area (Å²) in [5.41, 5.74) is 6.44. The SMILES string of the molecule is CCN(CC)C(=O)c1nccc2c(F)ccc(N)c12. The largest absolute Gasteiger partial charge is 0.398 e. The number of nitrogens with zero attached hydrogens (tertiary/aromatic N) is 2. The van der Waals surface area contributed by atoms with Gasteiger partial charge in [0, 0.05) is 35.7 Å². The molecule has 0 spiro atoms. The minimum atomic E-state index is -0.403. The number of pyridine rings is 1. The number of amides is 1. The first-order chi connectivity index (χ1) is 9.10. The molecule has 1 heterocycles. The van der Waals surface area contributed by atoms with Gasteiger partial charge in [0.25, 0.3) is 5.91 Å². The Hall–Kier alpha value is -2.17. The molecule has 1 aromatic carbocycles. The van der Waals surface area contributed by atoms with Crippen LogP contribution in [0.4, 0.5) is 10.1 Å². The highest BCUT2D eigenvalue weighted by atomic mass is 19.1. The number of nitrogen functional groups attached to an aromatic ring is 1. The first kappa shape index (κ1) is 13.3. The van der Waals surface area contributed by atoms with Gasteiger partial charge in [0.2, 0.25) is 0 Å². The van der Waals surface area contributed by atoms with Crippen molar-refractivity contribution >= 4 is 22.4 Å². The Morgan fingerprint density at radius 2 is 2.00 bits per heavy atom. The number of hydrogen-bond donors (Lipinski definition) is 1. The maximum Gasteiger partial charge on any atom is 0.273 e. The molecule has 0 saturated carbocycles. The van der Waals surface area contributed by atoms with Crippen molar-refractivity contribution in [2.45, 2.75) is 13.8 Å². The molecule has 0 radical (unpaired) electrons. The van der Waals surface area contributed by atoms with Crippen molar-refractivity contribution in [2.75, 3.05) is 18.8 Å². The number of halogens is 1. The smallest absolute Gasteiger partial charge is 0.273 e. The zero-order valence-corrected chi connectivity index (χ0v) is 11.0. The number of carbonyl (C=O) groups is 1. The summed E-state index contributed by atoms with van der Waals surface area (Å²) in [7, 11) is 0. The summed E-state index contributed by atoms with van der Waals surface area (Å²) in [6, 6.07) is 4.28. The van der Waals surface area contributed by atoms with E-state index in [1.807, 2.05) is 13.8 Å². The first-order valence-electron chi connectivity index (χ1n) is 6.22. The van der Waals surface area contributed by atoms with E-state index in [2.05, 4.69) is 4.98 Å². The lowest BCUT2D eigenvalue weighted by molar-refractivity contribution is 0.0769. The fourth-order valence-electron chi connectivity index (χ4n) is 2.11. The molecule has 5 heteroatoms. The van der Waals surface area contributed by atoms with Gasteiger partial charge in [-0.25, -0.2) is 4.39 Å². The van der Waals surface area contributed by atoms with Crippen LogP contribution in [0.3, 0.4) is 0 Å². The highest BCUT2D eigenvalue weighted by Crippen LogP contribution is 2.26. The van der Waals surface area contributed by atoms with Gasteiger partial charge in [-0.1, -0.05) is 0 Å². The van der Waals surface area contributed by atoms with Gasteiger partial charge in [-0.3, -0.25) is 9.78 Å². The van der Waals surface area contributed by atoms with E-state index in [9.17, 15) is 9.18 Å². The maximum atomic E-state index is 13.8. The third kappa shape index (κ3) is 2.23. The highest BCUT2D eigenvalue weighted by molar-refractivity contribution is 6.09. The Kier molecular flexibility index (Phi) is 3.64. The van der Waals surface area contributed by atoms with Gasteiger partial charge in [-0.2, -0.15) is 0 Å². The van der Waals surface area contributed by atoms with Crippen LogP contribution in [0.1, 0.15) is 24.3 Å². The van der Waals surface area contributed by atoms with E-state index in [1.54, 1.807) is 4.90 Å². The summed E-state index contributed by atoms with van der Waals surface area (Å²) in [6.45, 7) is 4.91. The summed E-state index contributed by atoms with van der Waals surface area (Å²) < 4.78 is 13.8. The van der Waals surface area contributed by atoms with E-state index in [0.717, 1.165) is 0 Å². The Bertz CT molecular complexity index is 623. The molecule has 1 amide bonds. The van der Waals surface area contributed by atoms with E-state index in [0.29, 0.717) is 29.5 Å². The molecule has 2 N–H and O–H groups in total. The van der Waals surface area contributed by atoms with Gasteiger partial charge in [0.15, 0.2) is 0 Å². The lowest BCUT2D eigenvalue weighted by atomic mass is 10.1. The van der Waals surface area contributed by atoms with E-state index < -0.39 is 5.82 Å². The predicted octanol–water partition coefficient (Wildman–Crippen LogP) is 2.44. The molecular formula is C14H16FN3O. The van der Waals surface area contributed by atoms with Crippen LogP contribution in [0.2, 0.25) is 0 Å². The Balaban J connectivity index is 2.68. The third-order valence-electron chi connectivity index (χ3n) is 3.16. The van der Waals surface area contributed by atoms with E-state index in [1.165, 1.54) is 24.4 Å². The standard InChI is InChI=1S/C14H16FN3O/c1-3-18(4-2)14(19)13-12-9(7-8-17-13)10(15)5-6-11(12)16/h5-8H,3-4,16H2,1-2H3. The molecule has 2 aromatic rings. The van der Waals surface area contributed by atoms with Gasteiger partial charge >= 0.3 is 0 Å². The second-order valence-electron chi connectivity index (χ2n) is 4.20. The van der Waals surface area contributed by atoms with E-state index in [4.69, 9.17) is 5.73 Å². The molecule has 19 heavy (non-hydrogen) atoms. The molecule has 0 atom stereocenters. The molecule has 0 aliphatic heterocycles. The summed E-state index contributed by atoms with van der Waals surface area (Å²) in [4.78, 5) is 18.1. The van der Waals surface area contributed by atoms with E-state index >= 15 is 0 Å². The maximum absolute atomic E-state index is 13.8. The summed E-state index contributed by atoms with van der Waals surface area (Å²) in [5.74, 6) is -0.631. The number of rotatable bonds is 3. The first-order valence-corrected chi connectivity index (χ1v) is 6.22. The minimum Gasteiger partial charge on any atom is -0.398 e. The van der Waals surface area contributed by atoms with Crippen LogP contribution in [-0.4, -0.2) is 28.9 Å². The highest BCUT2D eigenvalue weighted by Gasteiger charge is 2.19. The molecular weight excluding hydrogens is 245 g/mol. The van der Waals surface area contributed by atoms with Crippen LogP contribution >= 0.6 is 0 Å². The van der Waals surface area contributed by atoms with Crippen LogP contribution in [0, 0.1) is 5.82 Å². The van der Waals surface area contributed by atoms with Crippen molar-refractivity contribution < 1.29 is 9.18 Å². The van der Waals surface area contributed by atoms with Crippen LogP contribution in [0.5, 0.6) is 0 Å². The lowest BCUT2D eigenvalue weighted by Crippen LogP contribution is -2.31. The van der Waals surface area contributed by atoms with E-state index in [-0.39, 0.29) is 11.6 Å². The number of hydrogen-bond acceptors (Lipinski definition) is 3. The third-order valence-corrected chi connectivity index (χ3v) is 3.16. The molecule has 0 aliphatic carbocycles. The number of nitrogens with two attached hydrogens (primary N) is 1. The number of benzene rings is 1. The Labute approximate surface area is 111 Å². The molecule has 0 bridgehead atoms. The van der Waals surface area contributed by atoms with Crippen LogP contribution in [-0.2, 0) is 0 Å². The lowest BCUT2D eigenvalue weighted by Gasteiger charge is -2.19. The fourth-order valence-corrected chi connectivity index (χ4v) is 2.11. The minimum absolute atomic E-state index is 0.207. The molecule has 2 rings (SSSR count). The van der Waals surface area contributed by atoms with Crippen LogP contribution in [0.25, 0.3) is 10.8 Å². The summed E-state index contributed by atoms with van der Waals surface area (Å²) >= 11 is 0. The zero-order chi connectivity index (χ0) is 14.0. The van der Waals surface area contributed by atoms with Gasteiger partial charge in [0.05, 0.1) is 0 Å². The second-order valence-corrected chi connectivity index (χ2v) is 4.20. The van der Waals surface area contributed by atoms with Crippen molar-refractivity contribution in [1.82, 2.24) is 9.88 Å². The number of carbonyl (C=O) groups excluding carboxylic acids is 1. The van der Waals surface area contributed by atoms with Gasteiger partial charge in [-0.05, 0) is 32.0 Å². The number of aromatic nitrogens is 1. The average Bonchev–Trinajstić information content (AvgIpc) is 2.43. The molecule has 1 aromatic heterocycles. The molecule has 0 saturated heterocycles. The van der Waals surface area contributed by atoms with Crippen LogP contribution in [0.15, 0.2) is 24.4 Å². The number of anilines is 1. The normalized spacial score (nSPS) is 10.7. The van der Waals surface area contributed by atoms with Crippen molar-refractivity contribution in [3.05, 3.63) is 35.9 Å². The number of fused-ring (bicyclic) bond motifs is 1. The predicted molar refractivity (Wildman–Crippen MR) is 73.4 cm³/mol. The Morgan fingerprint density at radius 3 is 2.63 bits per heavy atom. The van der Waals surface area contributed by atoms with Crippen molar-refractivity contribution in [3.8, 4) is 0 Å². The van der Waals surface area contributed by atoms with Crippen LogP contribution < -0.4 is 5.73 Å². The fraction of sp³-hybridized carbons (Fsp3) is 0.286. The molecule has 0 aliphatic rings. The molecule has 100 valence electrons. The van der Waals surface area contributed by atoms with Crippen molar-refractivity contribution in [1.29, 1.82) is 0 Å². The summed E-state index contributed by atoms with van der Waals surface area (Å²) in [6.07, 6.45) is 1.43. The summed E-state index contributed by atoms with van der Waals surface area (Å²) in [5, 5.41) is 0.713. The Morgan fingerprint density at radius 1 is 1.32 bits per heavy atom. The monoisotopic (exact) mass is 261 g/mol. The zero-order valence-electron chi connectivity index (χ0n) is 11.0. The average molecular weight is 261 g/mol. The van der Waals surface area contributed by atoms with Crippen molar-refractivity contribution in [2.24, 2.45) is 0 Å². The van der Waals surface area contributed by atoms with Gasteiger partial charge in [-0.15, -0.1) is 0 Å². The molecule has 0 fully saturated rings. The van der Waals surface area contributed by atoms with Gasteiger partial charge < -0.3 is 10.6 Å². The topological polar surface area (TPSA) is 59.2 Å². The second kappa shape index (κ2) is 5.22. The molecule has 4 nitrogen and oxygen atoms in total. The van der Waals surface area contributed by atoms with Gasteiger partial charge in [0.1, 0.15) is 11.5 Å². The van der Waals surface area contributed by atoms with Crippen molar-refractivity contribution in [3.63, 3.8) is 0 Å².